The molecule has 0 atom stereocenters. The van der Waals surface area contributed by atoms with Crippen molar-refractivity contribution in [1.29, 1.82) is 0 Å². The van der Waals surface area contributed by atoms with Crippen LogP contribution in [0.5, 0.6) is 0 Å². The van der Waals surface area contributed by atoms with Crippen molar-refractivity contribution in [3.63, 3.8) is 0 Å². The van der Waals surface area contributed by atoms with Gasteiger partial charge in [-0.1, -0.05) is 12.1 Å². The largest absolute Gasteiger partial charge is 0.451 e. The Labute approximate surface area is 116 Å². The predicted octanol–water partition coefficient (Wildman–Crippen LogP) is 1.40. The Morgan fingerprint density at radius 2 is 2.00 bits per heavy atom. The average Bonchev–Trinajstić information content (AvgIpc) is 2.92. The Bertz CT molecular complexity index is 676. The molecule has 7 heteroatoms. The van der Waals surface area contributed by atoms with Crippen LogP contribution in [0.1, 0.15) is 23.0 Å². The minimum absolute atomic E-state index is 0.104. The first-order valence-electron chi connectivity index (χ1n) is 5.97. The number of aromatic nitrogens is 1. The van der Waals surface area contributed by atoms with Crippen LogP contribution in [0.25, 0.3) is 0 Å². The molecule has 1 N–H and O–H groups in total. The van der Waals surface area contributed by atoms with Crippen molar-refractivity contribution in [2.45, 2.75) is 18.2 Å². The average molecular weight is 294 g/mol. The van der Waals surface area contributed by atoms with Gasteiger partial charge in [0.15, 0.2) is 12.2 Å². The van der Waals surface area contributed by atoms with Crippen LogP contribution in [0, 0.1) is 0 Å². The Morgan fingerprint density at radius 3 is 2.55 bits per heavy atom. The van der Waals surface area contributed by atoms with Crippen LogP contribution in [0.15, 0.2) is 46.2 Å². The normalized spacial score (nSPS) is 11.4. The lowest BCUT2D eigenvalue weighted by Crippen LogP contribution is -2.26. The van der Waals surface area contributed by atoms with E-state index >= 15 is 0 Å². The Hall–Kier alpha value is -1.99. The number of sulfonamides is 1. The van der Waals surface area contributed by atoms with Gasteiger partial charge in [0.2, 0.25) is 10.0 Å². The van der Waals surface area contributed by atoms with Gasteiger partial charge in [0.25, 0.3) is 0 Å². The molecule has 0 aliphatic rings. The van der Waals surface area contributed by atoms with Gasteiger partial charge in [0, 0.05) is 18.5 Å². The van der Waals surface area contributed by atoms with E-state index in [0.717, 1.165) is 0 Å². The third-order valence-corrected chi connectivity index (χ3v) is 4.20. The van der Waals surface area contributed by atoms with Gasteiger partial charge in [-0.15, -0.1) is 0 Å². The summed E-state index contributed by atoms with van der Waals surface area (Å²) in [5, 5.41) is 0. The van der Waals surface area contributed by atoms with E-state index < -0.39 is 10.0 Å². The molecule has 20 heavy (non-hydrogen) atoms. The number of oxazole rings is 1. The molecule has 0 radical (unpaired) electrons. The SMILES string of the molecule is CC(=O)c1ccc(S(=O)(=O)NCCc2cocn2)cc1. The second kappa shape index (κ2) is 5.98. The predicted molar refractivity (Wildman–Crippen MR) is 71.8 cm³/mol. The topological polar surface area (TPSA) is 89.3 Å². The van der Waals surface area contributed by atoms with Crippen molar-refractivity contribution in [3.05, 3.63) is 48.2 Å². The molecule has 0 saturated heterocycles. The van der Waals surface area contributed by atoms with Crippen molar-refractivity contribution in [2.24, 2.45) is 0 Å². The first-order valence-corrected chi connectivity index (χ1v) is 7.45. The van der Waals surface area contributed by atoms with Crippen LogP contribution < -0.4 is 4.72 Å². The minimum Gasteiger partial charge on any atom is -0.451 e. The molecular formula is C13H14N2O4S. The number of benzene rings is 1. The van der Waals surface area contributed by atoms with Crippen LogP contribution in [0.3, 0.4) is 0 Å². The summed E-state index contributed by atoms with van der Waals surface area (Å²) in [5.74, 6) is -0.104. The maximum atomic E-state index is 12.0. The highest BCUT2D eigenvalue weighted by Gasteiger charge is 2.13. The van der Waals surface area contributed by atoms with E-state index in [0.29, 0.717) is 17.7 Å². The quantitative estimate of drug-likeness (QED) is 0.813. The highest BCUT2D eigenvalue weighted by molar-refractivity contribution is 7.89. The van der Waals surface area contributed by atoms with Gasteiger partial charge in [0.05, 0.1) is 10.6 Å². The van der Waals surface area contributed by atoms with Crippen LogP contribution in [0.4, 0.5) is 0 Å². The molecule has 1 aromatic carbocycles. The molecule has 0 saturated carbocycles. The van der Waals surface area contributed by atoms with Gasteiger partial charge in [-0.05, 0) is 19.1 Å². The summed E-state index contributed by atoms with van der Waals surface area (Å²) >= 11 is 0. The maximum Gasteiger partial charge on any atom is 0.240 e. The summed E-state index contributed by atoms with van der Waals surface area (Å²) in [7, 11) is -3.58. The smallest absolute Gasteiger partial charge is 0.240 e. The van der Waals surface area contributed by atoms with E-state index in [-0.39, 0.29) is 17.2 Å². The van der Waals surface area contributed by atoms with E-state index in [9.17, 15) is 13.2 Å². The maximum absolute atomic E-state index is 12.0. The summed E-state index contributed by atoms with van der Waals surface area (Å²) in [5.41, 5.74) is 1.16. The first-order chi connectivity index (χ1) is 9.49. The van der Waals surface area contributed by atoms with Gasteiger partial charge in [-0.3, -0.25) is 4.79 Å². The molecule has 0 bridgehead atoms. The van der Waals surface area contributed by atoms with Crippen molar-refractivity contribution < 1.29 is 17.6 Å². The van der Waals surface area contributed by atoms with Crippen LogP contribution in [-0.4, -0.2) is 25.7 Å². The number of carbonyl (C=O) groups is 1. The molecule has 2 aromatic rings. The van der Waals surface area contributed by atoms with Crippen molar-refractivity contribution >= 4 is 15.8 Å². The lowest BCUT2D eigenvalue weighted by atomic mass is 10.2. The van der Waals surface area contributed by atoms with Gasteiger partial charge in [-0.25, -0.2) is 18.1 Å². The number of carbonyl (C=O) groups excluding carboxylic acids is 1. The second-order valence-corrected chi connectivity index (χ2v) is 5.98. The fraction of sp³-hybridized carbons (Fsp3) is 0.231. The highest BCUT2D eigenvalue weighted by Crippen LogP contribution is 2.11. The molecule has 0 aliphatic heterocycles. The summed E-state index contributed by atoms with van der Waals surface area (Å²) in [4.78, 5) is 15.2. The standard InChI is InChI=1S/C13H14N2O4S/c1-10(16)11-2-4-13(5-3-11)20(17,18)15-7-6-12-8-19-9-14-12/h2-5,8-9,15H,6-7H2,1H3. The summed E-state index contributed by atoms with van der Waals surface area (Å²) in [6.45, 7) is 1.66. The fourth-order valence-corrected chi connectivity index (χ4v) is 2.66. The van der Waals surface area contributed by atoms with Crippen LogP contribution >= 0.6 is 0 Å². The van der Waals surface area contributed by atoms with E-state index in [1.165, 1.54) is 43.8 Å². The monoisotopic (exact) mass is 294 g/mol. The Balaban J connectivity index is 2.00. The number of nitrogens with one attached hydrogen (secondary N) is 1. The molecule has 0 spiro atoms. The molecular weight excluding hydrogens is 280 g/mol. The van der Waals surface area contributed by atoms with Crippen LogP contribution in [-0.2, 0) is 16.4 Å². The molecule has 1 aromatic heterocycles. The number of ketones is 1. The number of hydrogen-bond acceptors (Lipinski definition) is 5. The minimum atomic E-state index is -3.58. The summed E-state index contributed by atoms with van der Waals surface area (Å²) < 4.78 is 31.3. The van der Waals surface area contributed by atoms with E-state index in [2.05, 4.69) is 9.71 Å². The lowest BCUT2D eigenvalue weighted by molar-refractivity contribution is 0.101. The van der Waals surface area contributed by atoms with Gasteiger partial charge in [0.1, 0.15) is 6.26 Å². The van der Waals surface area contributed by atoms with E-state index in [1.54, 1.807) is 0 Å². The molecule has 106 valence electrons. The van der Waals surface area contributed by atoms with E-state index in [4.69, 9.17) is 4.42 Å². The third kappa shape index (κ3) is 3.52. The molecule has 6 nitrogen and oxygen atoms in total. The first kappa shape index (κ1) is 14.4. The van der Waals surface area contributed by atoms with Gasteiger partial charge in [-0.2, -0.15) is 0 Å². The second-order valence-electron chi connectivity index (χ2n) is 4.21. The zero-order valence-corrected chi connectivity index (χ0v) is 11.7. The molecule has 2 rings (SSSR count). The molecule has 1 heterocycles. The Morgan fingerprint density at radius 1 is 1.30 bits per heavy atom. The lowest BCUT2D eigenvalue weighted by Gasteiger charge is -2.06. The number of hydrogen-bond donors (Lipinski definition) is 1. The van der Waals surface area contributed by atoms with Crippen LogP contribution in [0.2, 0.25) is 0 Å². The Kier molecular flexibility index (Phi) is 4.31. The number of rotatable bonds is 6. The van der Waals surface area contributed by atoms with Crippen molar-refractivity contribution in [3.8, 4) is 0 Å². The van der Waals surface area contributed by atoms with Crippen molar-refractivity contribution in [2.75, 3.05) is 6.54 Å². The third-order valence-electron chi connectivity index (χ3n) is 2.73. The molecule has 0 aliphatic carbocycles. The highest BCUT2D eigenvalue weighted by atomic mass is 32.2. The van der Waals surface area contributed by atoms with Gasteiger partial charge < -0.3 is 4.42 Å². The summed E-state index contributed by atoms with van der Waals surface area (Å²) in [6, 6.07) is 5.81. The van der Waals surface area contributed by atoms with Crippen molar-refractivity contribution in [1.82, 2.24) is 9.71 Å². The molecule has 0 fully saturated rings. The molecule has 0 unspecified atom stereocenters. The molecule has 0 amide bonds. The zero-order valence-electron chi connectivity index (χ0n) is 10.9. The number of Topliss-reactive ketones (excluding diaryl/α,β-unsaturated/α-hetero) is 1. The summed E-state index contributed by atoms with van der Waals surface area (Å²) in [6.07, 6.45) is 3.21. The zero-order chi connectivity index (χ0) is 14.6. The van der Waals surface area contributed by atoms with E-state index in [1.807, 2.05) is 0 Å². The fourth-order valence-electron chi connectivity index (χ4n) is 1.63. The van der Waals surface area contributed by atoms with Gasteiger partial charge >= 0.3 is 0 Å². The number of nitrogens with zero attached hydrogens (tertiary/aromatic N) is 1.